The van der Waals surface area contributed by atoms with Crippen LogP contribution >= 0.6 is 15.9 Å². The lowest BCUT2D eigenvalue weighted by atomic mass is 9.94. The quantitative estimate of drug-likeness (QED) is 0.788. The summed E-state index contributed by atoms with van der Waals surface area (Å²) in [5, 5.41) is 0. The number of esters is 1. The number of halogens is 1. The van der Waals surface area contributed by atoms with Gasteiger partial charge >= 0.3 is 5.97 Å². The number of hydrogen-bond donors (Lipinski definition) is 0. The summed E-state index contributed by atoms with van der Waals surface area (Å²) in [4.78, 5) is 11.6. The van der Waals surface area contributed by atoms with Crippen molar-refractivity contribution in [2.24, 2.45) is 5.92 Å². The van der Waals surface area contributed by atoms with Crippen molar-refractivity contribution < 1.29 is 9.53 Å². The predicted octanol–water partition coefficient (Wildman–Crippen LogP) is 3.12. The minimum atomic E-state index is -0.111. The lowest BCUT2D eigenvalue weighted by Gasteiger charge is -2.13. The van der Waals surface area contributed by atoms with E-state index in [0.29, 0.717) is 5.92 Å². The molecule has 0 heterocycles. The van der Waals surface area contributed by atoms with Crippen molar-refractivity contribution in [1.29, 1.82) is 0 Å². The van der Waals surface area contributed by atoms with E-state index >= 15 is 0 Å². The molecule has 0 spiro atoms. The third-order valence-electron chi connectivity index (χ3n) is 2.78. The van der Waals surface area contributed by atoms with Crippen LogP contribution in [0.3, 0.4) is 0 Å². The standard InChI is InChI=1S/C12H13BrO2/c1-15-12(14)11(8-2-3-8)9-4-6-10(13)7-5-9/h4-8,11H,2-3H2,1H3/t11-/m0/s1. The smallest absolute Gasteiger partial charge is 0.313 e. The number of carbonyl (C=O) groups excluding carboxylic acids is 1. The van der Waals surface area contributed by atoms with Crippen LogP contribution in [-0.2, 0) is 9.53 Å². The largest absolute Gasteiger partial charge is 0.469 e. The van der Waals surface area contributed by atoms with Crippen molar-refractivity contribution in [2.75, 3.05) is 7.11 Å². The van der Waals surface area contributed by atoms with Crippen LogP contribution < -0.4 is 0 Å². The highest BCUT2D eigenvalue weighted by Crippen LogP contribution is 2.43. The highest BCUT2D eigenvalue weighted by molar-refractivity contribution is 9.10. The average molecular weight is 269 g/mol. The molecule has 1 aliphatic carbocycles. The fourth-order valence-electron chi connectivity index (χ4n) is 1.83. The summed E-state index contributed by atoms with van der Waals surface area (Å²) in [7, 11) is 1.45. The van der Waals surface area contributed by atoms with Gasteiger partial charge in [-0.05, 0) is 36.5 Å². The van der Waals surface area contributed by atoms with E-state index in [2.05, 4.69) is 15.9 Å². The Hall–Kier alpha value is -0.830. The SMILES string of the molecule is COC(=O)[C@H](c1ccc(Br)cc1)C1CC1. The van der Waals surface area contributed by atoms with Crippen molar-refractivity contribution in [2.45, 2.75) is 18.8 Å². The number of ether oxygens (including phenoxy) is 1. The minimum absolute atomic E-state index is 0.0666. The van der Waals surface area contributed by atoms with Crippen LogP contribution in [0.15, 0.2) is 28.7 Å². The van der Waals surface area contributed by atoms with Crippen LogP contribution in [0, 0.1) is 5.92 Å². The molecular formula is C12H13BrO2. The molecule has 1 fully saturated rings. The Bertz CT molecular complexity index is 354. The predicted molar refractivity (Wildman–Crippen MR) is 61.6 cm³/mol. The molecule has 0 saturated heterocycles. The zero-order valence-electron chi connectivity index (χ0n) is 8.57. The van der Waals surface area contributed by atoms with E-state index in [4.69, 9.17) is 4.74 Å². The van der Waals surface area contributed by atoms with Crippen molar-refractivity contribution in [3.05, 3.63) is 34.3 Å². The monoisotopic (exact) mass is 268 g/mol. The Morgan fingerprint density at radius 3 is 2.47 bits per heavy atom. The van der Waals surface area contributed by atoms with E-state index in [1.807, 2.05) is 24.3 Å². The molecule has 3 heteroatoms. The Morgan fingerprint density at radius 2 is 2.00 bits per heavy atom. The highest BCUT2D eigenvalue weighted by atomic mass is 79.9. The summed E-state index contributed by atoms with van der Waals surface area (Å²) >= 11 is 3.39. The van der Waals surface area contributed by atoms with Gasteiger partial charge in [0, 0.05) is 4.47 Å². The molecule has 80 valence electrons. The molecule has 0 aliphatic heterocycles. The molecular weight excluding hydrogens is 256 g/mol. The fourth-order valence-corrected chi connectivity index (χ4v) is 2.09. The van der Waals surface area contributed by atoms with E-state index in [0.717, 1.165) is 22.9 Å². The first-order valence-electron chi connectivity index (χ1n) is 5.05. The third kappa shape index (κ3) is 2.40. The van der Waals surface area contributed by atoms with Gasteiger partial charge < -0.3 is 4.74 Å². The van der Waals surface area contributed by atoms with Crippen LogP contribution in [0.1, 0.15) is 24.3 Å². The van der Waals surface area contributed by atoms with Crippen LogP contribution in [0.4, 0.5) is 0 Å². The molecule has 1 atom stereocenters. The van der Waals surface area contributed by atoms with Crippen LogP contribution in [-0.4, -0.2) is 13.1 Å². The first-order chi connectivity index (χ1) is 7.22. The second-order valence-corrected chi connectivity index (χ2v) is 4.81. The van der Waals surface area contributed by atoms with Crippen molar-refractivity contribution in [3.8, 4) is 0 Å². The lowest BCUT2D eigenvalue weighted by Crippen LogP contribution is -2.16. The molecule has 0 amide bonds. The molecule has 0 N–H and O–H groups in total. The van der Waals surface area contributed by atoms with Crippen LogP contribution in [0.25, 0.3) is 0 Å². The van der Waals surface area contributed by atoms with E-state index in [1.165, 1.54) is 7.11 Å². The van der Waals surface area contributed by atoms with Gasteiger partial charge in [-0.2, -0.15) is 0 Å². The molecule has 1 aliphatic rings. The maximum absolute atomic E-state index is 11.6. The van der Waals surface area contributed by atoms with Gasteiger partial charge in [0.25, 0.3) is 0 Å². The zero-order chi connectivity index (χ0) is 10.8. The lowest BCUT2D eigenvalue weighted by molar-refractivity contribution is -0.143. The zero-order valence-corrected chi connectivity index (χ0v) is 10.2. The molecule has 0 radical (unpaired) electrons. The maximum atomic E-state index is 11.6. The second kappa shape index (κ2) is 4.35. The van der Waals surface area contributed by atoms with Crippen LogP contribution in [0.5, 0.6) is 0 Å². The van der Waals surface area contributed by atoms with Crippen molar-refractivity contribution >= 4 is 21.9 Å². The number of rotatable bonds is 3. The summed E-state index contributed by atoms with van der Waals surface area (Å²) in [6.07, 6.45) is 2.27. The summed E-state index contributed by atoms with van der Waals surface area (Å²) < 4.78 is 5.88. The average Bonchev–Trinajstić information content (AvgIpc) is 3.05. The Kier molecular flexibility index (Phi) is 3.10. The van der Waals surface area contributed by atoms with Gasteiger partial charge in [0.1, 0.15) is 0 Å². The molecule has 1 aromatic rings. The van der Waals surface area contributed by atoms with E-state index in [9.17, 15) is 4.79 Å². The Labute approximate surface area is 97.8 Å². The molecule has 0 aromatic heterocycles. The molecule has 2 rings (SSSR count). The summed E-state index contributed by atoms with van der Waals surface area (Å²) in [5.74, 6) is 0.307. The normalized spacial score (nSPS) is 17.2. The summed E-state index contributed by atoms with van der Waals surface area (Å²) in [5.41, 5.74) is 1.06. The van der Waals surface area contributed by atoms with Gasteiger partial charge in [-0.25, -0.2) is 0 Å². The summed E-state index contributed by atoms with van der Waals surface area (Å²) in [6.45, 7) is 0. The number of methoxy groups -OCH3 is 1. The van der Waals surface area contributed by atoms with E-state index in [-0.39, 0.29) is 11.9 Å². The van der Waals surface area contributed by atoms with E-state index < -0.39 is 0 Å². The third-order valence-corrected chi connectivity index (χ3v) is 3.31. The highest BCUT2D eigenvalue weighted by Gasteiger charge is 2.37. The molecule has 0 bridgehead atoms. The minimum Gasteiger partial charge on any atom is -0.469 e. The van der Waals surface area contributed by atoms with Crippen molar-refractivity contribution in [3.63, 3.8) is 0 Å². The topological polar surface area (TPSA) is 26.3 Å². The Morgan fingerprint density at radius 1 is 1.40 bits per heavy atom. The van der Waals surface area contributed by atoms with Gasteiger partial charge in [-0.15, -0.1) is 0 Å². The van der Waals surface area contributed by atoms with Gasteiger partial charge in [0.15, 0.2) is 0 Å². The summed E-state index contributed by atoms with van der Waals surface area (Å²) in [6, 6.07) is 7.91. The van der Waals surface area contributed by atoms with Crippen molar-refractivity contribution in [1.82, 2.24) is 0 Å². The first-order valence-corrected chi connectivity index (χ1v) is 5.85. The molecule has 2 nitrogen and oxygen atoms in total. The molecule has 1 aromatic carbocycles. The number of hydrogen-bond acceptors (Lipinski definition) is 2. The number of benzene rings is 1. The van der Waals surface area contributed by atoms with Crippen LogP contribution in [0.2, 0.25) is 0 Å². The molecule has 1 saturated carbocycles. The van der Waals surface area contributed by atoms with Gasteiger partial charge in [0.2, 0.25) is 0 Å². The Balaban J connectivity index is 2.24. The number of carbonyl (C=O) groups is 1. The van der Waals surface area contributed by atoms with Gasteiger partial charge in [-0.3, -0.25) is 4.79 Å². The van der Waals surface area contributed by atoms with Gasteiger partial charge in [-0.1, -0.05) is 28.1 Å². The molecule has 0 unspecified atom stereocenters. The molecule has 15 heavy (non-hydrogen) atoms. The van der Waals surface area contributed by atoms with Gasteiger partial charge in [0.05, 0.1) is 13.0 Å². The second-order valence-electron chi connectivity index (χ2n) is 3.89. The first kappa shape index (κ1) is 10.7. The maximum Gasteiger partial charge on any atom is 0.313 e. The fraction of sp³-hybridized carbons (Fsp3) is 0.417. The van der Waals surface area contributed by atoms with E-state index in [1.54, 1.807) is 0 Å².